The summed E-state index contributed by atoms with van der Waals surface area (Å²) < 4.78 is 21.6. The molecule has 0 amide bonds. The highest BCUT2D eigenvalue weighted by Gasteiger charge is 2.45. The molecule has 31 heavy (non-hydrogen) atoms. The predicted molar refractivity (Wildman–Crippen MR) is 109 cm³/mol. The molecule has 2 fully saturated rings. The van der Waals surface area contributed by atoms with Crippen molar-refractivity contribution in [2.75, 3.05) is 19.8 Å². The normalized spacial score (nSPS) is 39.4. The molecule has 10 heteroatoms. The summed E-state index contributed by atoms with van der Waals surface area (Å²) in [7, 11) is 0. The molecule has 6 N–H and O–H groups in total. The number of aliphatic hydroxyl groups excluding tert-OH is 6. The first kappa shape index (κ1) is 26.3. The van der Waals surface area contributed by atoms with Crippen molar-refractivity contribution in [1.29, 1.82) is 0 Å². The van der Waals surface area contributed by atoms with Crippen molar-refractivity contribution >= 4 is 0 Å². The number of ether oxygens (including phenoxy) is 4. The monoisotopic (exact) mass is 448 g/mol. The SMILES string of the molecule is CC(C)=CCC/C(C)=C\CO[C@@H]1O[C@H](CO[C@H]2OC[C@@H](O)[C@@H](O)[C@H]2O)[C@H](O)[C@H](O)[C@H]1O. The third kappa shape index (κ3) is 7.57. The molecule has 2 aliphatic heterocycles. The molecule has 2 aliphatic rings. The molecule has 0 unspecified atom stereocenters. The highest BCUT2D eigenvalue weighted by atomic mass is 16.7. The third-order valence-electron chi connectivity index (χ3n) is 5.33. The lowest BCUT2D eigenvalue weighted by Gasteiger charge is -2.41. The van der Waals surface area contributed by atoms with Crippen molar-refractivity contribution < 1.29 is 49.6 Å². The Morgan fingerprint density at radius 3 is 2.19 bits per heavy atom. The highest BCUT2D eigenvalue weighted by molar-refractivity contribution is 5.02. The summed E-state index contributed by atoms with van der Waals surface area (Å²) >= 11 is 0. The maximum Gasteiger partial charge on any atom is 0.187 e. The summed E-state index contributed by atoms with van der Waals surface area (Å²) in [6.07, 6.45) is -6.36. The van der Waals surface area contributed by atoms with E-state index in [1.807, 2.05) is 26.8 Å². The van der Waals surface area contributed by atoms with E-state index in [1.165, 1.54) is 5.57 Å². The molecular formula is C21H36O10. The van der Waals surface area contributed by atoms with Crippen LogP contribution in [0.15, 0.2) is 23.3 Å². The Balaban J connectivity index is 1.86. The Bertz CT molecular complexity index is 605. The Morgan fingerprint density at radius 2 is 1.52 bits per heavy atom. The molecule has 2 rings (SSSR count). The first-order valence-corrected chi connectivity index (χ1v) is 10.5. The molecule has 0 bridgehead atoms. The van der Waals surface area contributed by atoms with E-state index in [9.17, 15) is 30.6 Å². The molecule has 0 aromatic heterocycles. The third-order valence-corrected chi connectivity index (χ3v) is 5.33. The van der Waals surface area contributed by atoms with Crippen molar-refractivity contribution in [3.05, 3.63) is 23.3 Å². The highest BCUT2D eigenvalue weighted by Crippen LogP contribution is 2.24. The molecule has 0 spiro atoms. The molecule has 2 saturated heterocycles. The van der Waals surface area contributed by atoms with Crippen LogP contribution in [0, 0.1) is 0 Å². The Kier molecular flexibility index (Phi) is 10.5. The molecule has 0 aromatic carbocycles. The van der Waals surface area contributed by atoms with E-state index in [-0.39, 0.29) is 19.8 Å². The van der Waals surface area contributed by atoms with Crippen LogP contribution in [0.25, 0.3) is 0 Å². The van der Waals surface area contributed by atoms with Crippen LogP contribution >= 0.6 is 0 Å². The molecule has 180 valence electrons. The zero-order valence-corrected chi connectivity index (χ0v) is 18.2. The van der Waals surface area contributed by atoms with E-state index >= 15 is 0 Å². The van der Waals surface area contributed by atoms with Crippen LogP contribution in [0.3, 0.4) is 0 Å². The Morgan fingerprint density at radius 1 is 0.839 bits per heavy atom. The molecular weight excluding hydrogens is 412 g/mol. The van der Waals surface area contributed by atoms with Crippen molar-refractivity contribution in [1.82, 2.24) is 0 Å². The molecule has 0 aromatic rings. The Hall–Kier alpha value is -0.920. The van der Waals surface area contributed by atoms with E-state index < -0.39 is 55.3 Å². The lowest BCUT2D eigenvalue weighted by atomic mass is 9.99. The van der Waals surface area contributed by atoms with Crippen molar-refractivity contribution in [2.45, 2.75) is 88.9 Å². The number of aliphatic hydroxyl groups is 6. The minimum Gasteiger partial charge on any atom is -0.388 e. The van der Waals surface area contributed by atoms with Crippen molar-refractivity contribution in [2.24, 2.45) is 0 Å². The maximum absolute atomic E-state index is 10.2. The van der Waals surface area contributed by atoms with Crippen LogP contribution in [-0.2, 0) is 18.9 Å². The van der Waals surface area contributed by atoms with Crippen LogP contribution in [0.4, 0.5) is 0 Å². The number of hydrogen-bond donors (Lipinski definition) is 6. The molecule has 0 radical (unpaired) electrons. The van der Waals surface area contributed by atoms with Gasteiger partial charge in [0.1, 0.15) is 42.7 Å². The summed E-state index contributed by atoms with van der Waals surface area (Å²) in [6.45, 7) is 5.65. The number of allylic oxidation sites excluding steroid dienone is 3. The predicted octanol–water partition coefficient (Wildman–Crippen LogP) is -1.04. The average molecular weight is 449 g/mol. The fourth-order valence-electron chi connectivity index (χ4n) is 3.28. The summed E-state index contributed by atoms with van der Waals surface area (Å²) in [5, 5.41) is 59.6. The fraction of sp³-hybridized carbons (Fsp3) is 0.810. The van der Waals surface area contributed by atoms with Gasteiger partial charge in [-0.2, -0.15) is 0 Å². The molecule has 0 saturated carbocycles. The van der Waals surface area contributed by atoms with Gasteiger partial charge >= 0.3 is 0 Å². The van der Waals surface area contributed by atoms with E-state index in [0.717, 1.165) is 18.4 Å². The standard InChI is InChI=1S/C21H36O10/c1-11(2)5-4-6-12(3)7-8-28-21-19(27)17(25)16(24)14(31-21)10-30-20-18(26)15(23)13(22)9-29-20/h5,7,13-27H,4,6,8-10H2,1-3H3/b12-7-/t13-,14-,15-,16+,17+,18-,19-,20-,21-/m1/s1. The van der Waals surface area contributed by atoms with Crippen molar-refractivity contribution in [3.8, 4) is 0 Å². The van der Waals surface area contributed by atoms with E-state index in [1.54, 1.807) is 0 Å². The van der Waals surface area contributed by atoms with E-state index in [2.05, 4.69) is 6.08 Å². The second-order valence-corrected chi connectivity index (χ2v) is 8.30. The molecule has 10 nitrogen and oxygen atoms in total. The van der Waals surface area contributed by atoms with Crippen LogP contribution in [0.2, 0.25) is 0 Å². The number of rotatable bonds is 9. The zero-order chi connectivity index (χ0) is 23.1. The largest absolute Gasteiger partial charge is 0.388 e. The smallest absolute Gasteiger partial charge is 0.187 e. The quantitative estimate of drug-likeness (QED) is 0.241. The Labute approximate surface area is 182 Å². The first-order chi connectivity index (χ1) is 14.6. The minimum absolute atomic E-state index is 0.146. The van der Waals surface area contributed by atoms with Gasteiger partial charge in [0.15, 0.2) is 12.6 Å². The van der Waals surface area contributed by atoms with Crippen LogP contribution in [-0.4, -0.2) is 106 Å². The lowest BCUT2D eigenvalue weighted by Crippen LogP contribution is -2.60. The molecule has 0 aliphatic carbocycles. The van der Waals surface area contributed by atoms with Gasteiger partial charge in [0.2, 0.25) is 0 Å². The van der Waals surface area contributed by atoms with Crippen LogP contribution in [0.5, 0.6) is 0 Å². The van der Waals surface area contributed by atoms with E-state index in [4.69, 9.17) is 18.9 Å². The minimum atomic E-state index is -1.53. The summed E-state index contributed by atoms with van der Waals surface area (Å²) in [5.74, 6) is 0. The topological polar surface area (TPSA) is 158 Å². The van der Waals surface area contributed by atoms with Crippen LogP contribution < -0.4 is 0 Å². The van der Waals surface area contributed by atoms with Crippen LogP contribution in [0.1, 0.15) is 33.6 Å². The average Bonchev–Trinajstić information content (AvgIpc) is 2.72. The van der Waals surface area contributed by atoms with Gasteiger partial charge in [-0.15, -0.1) is 0 Å². The maximum atomic E-state index is 10.2. The van der Waals surface area contributed by atoms with E-state index in [0.29, 0.717) is 0 Å². The zero-order valence-electron chi connectivity index (χ0n) is 18.2. The van der Waals surface area contributed by atoms with Gasteiger partial charge in [-0.25, -0.2) is 0 Å². The van der Waals surface area contributed by atoms with Crippen molar-refractivity contribution in [3.63, 3.8) is 0 Å². The molecule has 9 atom stereocenters. The van der Waals surface area contributed by atoms with Gasteiger partial charge in [-0.3, -0.25) is 0 Å². The lowest BCUT2D eigenvalue weighted by molar-refractivity contribution is -0.319. The van der Waals surface area contributed by atoms with Gasteiger partial charge in [-0.05, 0) is 33.6 Å². The first-order valence-electron chi connectivity index (χ1n) is 10.5. The van der Waals surface area contributed by atoms with Gasteiger partial charge in [0.25, 0.3) is 0 Å². The summed E-state index contributed by atoms with van der Waals surface area (Å²) in [5.41, 5.74) is 2.35. The summed E-state index contributed by atoms with van der Waals surface area (Å²) in [6, 6.07) is 0. The molecule has 2 heterocycles. The second-order valence-electron chi connectivity index (χ2n) is 8.30. The van der Waals surface area contributed by atoms with Gasteiger partial charge in [-0.1, -0.05) is 23.3 Å². The van der Waals surface area contributed by atoms with Gasteiger partial charge < -0.3 is 49.6 Å². The second kappa shape index (κ2) is 12.4. The fourth-order valence-corrected chi connectivity index (χ4v) is 3.28. The number of hydrogen-bond acceptors (Lipinski definition) is 10. The van der Waals surface area contributed by atoms with Gasteiger partial charge in [0.05, 0.1) is 19.8 Å². The van der Waals surface area contributed by atoms with Gasteiger partial charge in [0, 0.05) is 0 Å². The summed E-state index contributed by atoms with van der Waals surface area (Å²) in [4.78, 5) is 0.